The van der Waals surface area contributed by atoms with Gasteiger partial charge in [-0.1, -0.05) is 30.2 Å². The van der Waals surface area contributed by atoms with Gasteiger partial charge in [-0.25, -0.2) is 0 Å². The number of hydrogen-bond donors (Lipinski definition) is 1. The number of carbonyl (C=O) groups is 1. The fraction of sp³-hybridized carbons (Fsp3) is 0.588. The van der Waals surface area contributed by atoms with Crippen LogP contribution in [0.5, 0.6) is 0 Å². The smallest absolute Gasteiger partial charge is 0.233 e. The predicted octanol–water partition coefficient (Wildman–Crippen LogP) is 3.14. The van der Waals surface area contributed by atoms with Crippen molar-refractivity contribution >= 4 is 17.5 Å². The number of aliphatic hydroxyl groups excluding tert-OH is 1. The Bertz CT molecular complexity index is 523. The first kappa shape index (κ1) is 14.9. The minimum atomic E-state index is -0.407. The summed E-state index contributed by atoms with van der Waals surface area (Å²) in [6, 6.07) is 8.03. The second kappa shape index (κ2) is 5.98. The maximum absolute atomic E-state index is 13.2. The lowest BCUT2D eigenvalue weighted by Crippen LogP contribution is -2.56. The summed E-state index contributed by atoms with van der Waals surface area (Å²) in [5, 5.41) is 9.99. The molecule has 21 heavy (non-hydrogen) atoms. The third-order valence-corrected chi connectivity index (χ3v) is 5.35. The van der Waals surface area contributed by atoms with Crippen LogP contribution in [0.15, 0.2) is 24.3 Å². The molecule has 114 valence electrons. The van der Waals surface area contributed by atoms with Crippen LogP contribution in [0.3, 0.4) is 0 Å². The van der Waals surface area contributed by atoms with Crippen molar-refractivity contribution in [3.05, 3.63) is 34.9 Å². The molecule has 0 atom stereocenters. The van der Waals surface area contributed by atoms with Crippen LogP contribution in [0.1, 0.15) is 44.1 Å². The highest BCUT2D eigenvalue weighted by atomic mass is 35.5. The van der Waals surface area contributed by atoms with Crippen LogP contribution in [0.2, 0.25) is 5.02 Å². The highest BCUT2D eigenvalue weighted by Crippen LogP contribution is 2.46. The minimum Gasteiger partial charge on any atom is -0.395 e. The molecule has 2 saturated carbocycles. The monoisotopic (exact) mass is 307 g/mol. The lowest BCUT2D eigenvalue weighted by atomic mass is 9.63. The van der Waals surface area contributed by atoms with Crippen molar-refractivity contribution in [1.82, 2.24) is 4.90 Å². The number of carbonyl (C=O) groups excluding carboxylic acids is 1. The average molecular weight is 308 g/mol. The fourth-order valence-corrected chi connectivity index (χ4v) is 3.66. The summed E-state index contributed by atoms with van der Waals surface area (Å²) in [4.78, 5) is 15.1. The largest absolute Gasteiger partial charge is 0.395 e. The topological polar surface area (TPSA) is 40.5 Å². The Morgan fingerprint density at radius 1 is 1.33 bits per heavy atom. The number of amides is 1. The first-order chi connectivity index (χ1) is 10.2. The maximum atomic E-state index is 13.2. The van der Waals surface area contributed by atoms with E-state index in [0.717, 1.165) is 37.7 Å². The molecule has 3 rings (SSSR count). The molecular weight excluding hydrogens is 286 g/mol. The predicted molar refractivity (Wildman–Crippen MR) is 83.4 cm³/mol. The molecule has 1 aromatic rings. The van der Waals surface area contributed by atoms with E-state index in [2.05, 4.69) is 0 Å². The van der Waals surface area contributed by atoms with E-state index < -0.39 is 5.41 Å². The van der Waals surface area contributed by atoms with Gasteiger partial charge in [0.05, 0.1) is 12.0 Å². The van der Waals surface area contributed by atoms with Gasteiger partial charge in [0.2, 0.25) is 5.91 Å². The van der Waals surface area contributed by atoms with E-state index in [9.17, 15) is 9.90 Å². The van der Waals surface area contributed by atoms with Crippen molar-refractivity contribution in [2.75, 3.05) is 13.2 Å². The number of nitrogens with zero attached hydrogens (tertiary/aromatic N) is 1. The number of aliphatic hydroxyl groups is 1. The molecule has 0 saturated heterocycles. The average Bonchev–Trinajstić information content (AvgIpc) is 2.35. The molecule has 0 radical (unpaired) electrons. The second-order valence-electron chi connectivity index (χ2n) is 6.25. The van der Waals surface area contributed by atoms with Gasteiger partial charge in [-0.15, -0.1) is 0 Å². The Balaban J connectivity index is 1.88. The van der Waals surface area contributed by atoms with Gasteiger partial charge in [-0.2, -0.15) is 0 Å². The molecular formula is C17H22ClNO2. The molecule has 0 heterocycles. The molecule has 2 aliphatic carbocycles. The molecule has 2 fully saturated rings. The molecule has 4 heteroatoms. The Labute approximate surface area is 130 Å². The van der Waals surface area contributed by atoms with Gasteiger partial charge < -0.3 is 10.0 Å². The zero-order valence-electron chi connectivity index (χ0n) is 12.2. The van der Waals surface area contributed by atoms with E-state index in [4.69, 9.17) is 11.6 Å². The summed E-state index contributed by atoms with van der Waals surface area (Å²) in [6.07, 6.45) is 6.18. The standard InChI is InChI=1S/C17H22ClNO2/c18-14-5-1-4-13(12-14)17(8-3-9-17)16(21)19(10-11-20)15-6-2-7-15/h1,4-5,12,15,20H,2-3,6-11H2. The highest BCUT2D eigenvalue weighted by Gasteiger charge is 2.49. The van der Waals surface area contributed by atoms with Gasteiger partial charge >= 0.3 is 0 Å². The van der Waals surface area contributed by atoms with Crippen LogP contribution in [-0.4, -0.2) is 35.1 Å². The summed E-state index contributed by atoms with van der Waals surface area (Å²) >= 11 is 6.11. The maximum Gasteiger partial charge on any atom is 0.233 e. The van der Waals surface area contributed by atoms with Gasteiger partial charge in [0.25, 0.3) is 0 Å². The van der Waals surface area contributed by atoms with Crippen LogP contribution in [0, 0.1) is 0 Å². The molecule has 1 aromatic carbocycles. The molecule has 0 spiro atoms. The van der Waals surface area contributed by atoms with Crippen LogP contribution in [0.25, 0.3) is 0 Å². The lowest BCUT2D eigenvalue weighted by Gasteiger charge is -2.47. The zero-order chi connectivity index (χ0) is 14.9. The van der Waals surface area contributed by atoms with Crippen molar-refractivity contribution in [3.8, 4) is 0 Å². The Kier molecular flexibility index (Phi) is 4.23. The van der Waals surface area contributed by atoms with Gasteiger partial charge in [0, 0.05) is 17.6 Å². The molecule has 0 aromatic heterocycles. The Hall–Kier alpha value is -1.06. The number of hydrogen-bond acceptors (Lipinski definition) is 2. The number of benzene rings is 1. The van der Waals surface area contributed by atoms with Crippen LogP contribution in [-0.2, 0) is 10.2 Å². The van der Waals surface area contributed by atoms with E-state index in [1.165, 1.54) is 6.42 Å². The van der Waals surface area contributed by atoms with E-state index in [-0.39, 0.29) is 12.5 Å². The van der Waals surface area contributed by atoms with Crippen molar-refractivity contribution in [2.45, 2.75) is 50.0 Å². The van der Waals surface area contributed by atoms with Gasteiger partial charge in [0.1, 0.15) is 0 Å². The van der Waals surface area contributed by atoms with Gasteiger partial charge in [0.15, 0.2) is 0 Å². The SMILES string of the molecule is O=C(N(CCO)C1CCC1)C1(c2cccc(Cl)c2)CCC1. The quantitative estimate of drug-likeness (QED) is 0.908. The summed E-state index contributed by atoms with van der Waals surface area (Å²) in [6.45, 7) is 0.486. The molecule has 2 aliphatic rings. The van der Waals surface area contributed by atoms with E-state index in [0.29, 0.717) is 17.6 Å². The second-order valence-corrected chi connectivity index (χ2v) is 6.69. The van der Waals surface area contributed by atoms with Crippen molar-refractivity contribution in [3.63, 3.8) is 0 Å². The summed E-state index contributed by atoms with van der Waals surface area (Å²) in [7, 11) is 0. The number of rotatable bonds is 5. The number of halogens is 1. The van der Waals surface area contributed by atoms with Gasteiger partial charge in [-0.3, -0.25) is 4.79 Å². The van der Waals surface area contributed by atoms with Crippen LogP contribution >= 0.6 is 11.6 Å². The summed E-state index contributed by atoms with van der Waals surface area (Å²) < 4.78 is 0. The zero-order valence-corrected chi connectivity index (χ0v) is 13.0. The van der Waals surface area contributed by atoms with E-state index >= 15 is 0 Å². The third-order valence-electron chi connectivity index (χ3n) is 5.11. The van der Waals surface area contributed by atoms with Crippen LogP contribution < -0.4 is 0 Å². The van der Waals surface area contributed by atoms with Crippen molar-refractivity contribution in [2.24, 2.45) is 0 Å². The summed E-state index contributed by atoms with van der Waals surface area (Å²) in [5.74, 6) is 0.190. The first-order valence-electron chi connectivity index (χ1n) is 7.85. The Morgan fingerprint density at radius 2 is 2.10 bits per heavy atom. The van der Waals surface area contributed by atoms with Crippen molar-refractivity contribution in [1.29, 1.82) is 0 Å². The molecule has 1 N–H and O–H groups in total. The fourth-order valence-electron chi connectivity index (χ4n) is 3.47. The minimum absolute atomic E-state index is 0.0356. The summed E-state index contributed by atoms with van der Waals surface area (Å²) in [5.41, 5.74) is 0.629. The third kappa shape index (κ3) is 2.58. The van der Waals surface area contributed by atoms with E-state index in [1.54, 1.807) is 0 Å². The molecule has 0 unspecified atom stereocenters. The molecule has 3 nitrogen and oxygen atoms in total. The van der Waals surface area contributed by atoms with Crippen molar-refractivity contribution < 1.29 is 9.90 Å². The van der Waals surface area contributed by atoms with Gasteiger partial charge in [-0.05, 0) is 49.8 Å². The highest BCUT2D eigenvalue weighted by molar-refractivity contribution is 6.30. The Morgan fingerprint density at radius 3 is 2.57 bits per heavy atom. The first-order valence-corrected chi connectivity index (χ1v) is 8.23. The van der Waals surface area contributed by atoms with E-state index in [1.807, 2.05) is 29.2 Å². The molecule has 0 aliphatic heterocycles. The normalized spacial score (nSPS) is 20.5. The lowest BCUT2D eigenvalue weighted by molar-refractivity contribution is -0.145. The van der Waals surface area contributed by atoms with Crippen LogP contribution in [0.4, 0.5) is 0 Å². The molecule has 0 bridgehead atoms. The molecule has 1 amide bonds.